The van der Waals surface area contributed by atoms with E-state index in [4.69, 9.17) is 0 Å². The van der Waals surface area contributed by atoms with Crippen molar-refractivity contribution in [1.29, 1.82) is 0 Å². The van der Waals surface area contributed by atoms with E-state index in [1.54, 1.807) is 0 Å². The zero-order valence-corrected chi connectivity index (χ0v) is 82.1. The van der Waals surface area contributed by atoms with Gasteiger partial charge in [-0.1, -0.05) is 455 Å². The predicted molar refractivity (Wildman–Crippen MR) is 634 cm³/mol. The molecule has 30 rings (SSSR count). The molecule has 0 unspecified atom stereocenters. The average molecular weight is 1910 g/mol. The summed E-state index contributed by atoms with van der Waals surface area (Å²) in [6.07, 6.45) is 0. The second-order valence-corrected chi connectivity index (χ2v) is 38.8. The van der Waals surface area contributed by atoms with Gasteiger partial charge in [0.15, 0.2) is 0 Å². The van der Waals surface area contributed by atoms with E-state index in [1.807, 2.05) is 0 Å². The number of aromatic nitrogens is 6. The molecule has 0 fully saturated rings. The predicted octanol–water partition coefficient (Wildman–Crippen LogP) is 38.6. The van der Waals surface area contributed by atoms with Crippen LogP contribution in [0.25, 0.3) is 265 Å². The van der Waals surface area contributed by atoms with Crippen LogP contribution in [0.5, 0.6) is 0 Å². The molecule has 30 aromatic rings. The van der Waals surface area contributed by atoms with Crippen molar-refractivity contribution >= 4 is 131 Å². The van der Waals surface area contributed by atoms with Gasteiger partial charge in [-0.3, -0.25) is 0 Å². The highest BCUT2D eigenvalue weighted by molar-refractivity contribution is 6.21. The third-order valence-corrected chi connectivity index (χ3v) is 30.4. The van der Waals surface area contributed by atoms with Crippen LogP contribution in [0, 0.1) is 0 Å². The van der Waals surface area contributed by atoms with E-state index < -0.39 is 0 Å². The van der Waals surface area contributed by atoms with Gasteiger partial charge in [0.2, 0.25) is 0 Å². The summed E-state index contributed by atoms with van der Waals surface area (Å²) in [5, 5.41) is 15.2. The van der Waals surface area contributed by atoms with Crippen molar-refractivity contribution in [3.05, 3.63) is 582 Å². The number of fused-ring (bicyclic) bond motifs is 18. The van der Waals surface area contributed by atoms with Crippen LogP contribution >= 0.6 is 0 Å². The summed E-state index contributed by atoms with van der Waals surface area (Å²) >= 11 is 0. The molecule has 24 aromatic carbocycles. The molecule has 6 aromatic heterocycles. The van der Waals surface area contributed by atoms with Crippen LogP contribution in [0.2, 0.25) is 0 Å². The molecule has 0 aliphatic rings. The summed E-state index contributed by atoms with van der Waals surface area (Å²) in [4.78, 5) is 0. The molecule has 0 atom stereocenters. The summed E-state index contributed by atoms with van der Waals surface area (Å²) in [5.41, 5.74) is 43.2. The Hall–Kier alpha value is -19.9. The molecule has 150 heavy (non-hydrogen) atoms. The van der Waals surface area contributed by atoms with Gasteiger partial charge in [0.1, 0.15) is 0 Å². The summed E-state index contributed by atoms with van der Waals surface area (Å²) in [7, 11) is 0. The van der Waals surface area contributed by atoms with Crippen LogP contribution in [-0.2, 0) is 0 Å². The standard InChI is InChI=1S/3C48H32N2/c1-3-15-33(16-4-1)38-23-13-24-39(34-17-5-2-6-18-34)48(38)50-45-27-12-9-21-42(45)47-37(22-14-28-46(47)50)35-29-31-36(32-30-35)49-43-25-10-7-19-40(43)41-20-8-11-26-44(41)49;1-3-14-33(15-4-1)36-28-31-38(34-16-5-2-6-17-34)47(32-36)50-45-24-12-9-20-42(45)48-39(21-13-25-46(48)50)35-26-29-37(30-27-35)49-43-22-10-7-18-40(43)41-19-8-11-23-44(41)49;1-3-14-33(15-4-1)36-28-31-46(42(32-36)34-16-5-2-6-17-34)50-45-24-12-9-20-41(45)48-38(21-13-25-47(48)50)35-26-29-37(30-27-35)49-43-22-10-7-18-39(43)40-19-8-11-23-44(40)49/h3*1-32H. The molecule has 0 saturated heterocycles. The molecule has 702 valence electrons. The van der Waals surface area contributed by atoms with Crippen LogP contribution in [0.15, 0.2) is 582 Å². The Balaban J connectivity index is 0.000000108. The Kier molecular flexibility index (Phi) is 21.9. The highest BCUT2D eigenvalue weighted by Crippen LogP contribution is 2.50. The van der Waals surface area contributed by atoms with E-state index >= 15 is 0 Å². The van der Waals surface area contributed by atoms with E-state index in [2.05, 4.69) is 610 Å². The minimum Gasteiger partial charge on any atom is -0.309 e. The van der Waals surface area contributed by atoms with Gasteiger partial charge in [-0.15, -0.1) is 0 Å². The molecule has 0 amide bonds. The van der Waals surface area contributed by atoms with Crippen molar-refractivity contribution in [2.24, 2.45) is 0 Å². The number of hydrogen-bond donors (Lipinski definition) is 0. The van der Waals surface area contributed by atoms with E-state index in [0.29, 0.717) is 0 Å². The van der Waals surface area contributed by atoms with Crippen molar-refractivity contribution < 1.29 is 0 Å². The van der Waals surface area contributed by atoms with Crippen LogP contribution < -0.4 is 0 Å². The van der Waals surface area contributed by atoms with Crippen molar-refractivity contribution in [3.63, 3.8) is 0 Å². The highest BCUT2D eigenvalue weighted by atomic mass is 15.0. The molecule has 0 radical (unpaired) electrons. The lowest BCUT2D eigenvalue weighted by Crippen LogP contribution is -2.00. The fourth-order valence-electron chi connectivity index (χ4n) is 23.8. The van der Waals surface area contributed by atoms with E-state index in [1.165, 1.54) is 248 Å². The first-order valence-electron chi connectivity index (χ1n) is 51.6. The molecular weight excluding hydrogens is 1810 g/mol. The molecule has 6 heteroatoms. The van der Waals surface area contributed by atoms with E-state index in [0.717, 1.165) is 17.1 Å². The Morgan fingerprint density at radius 3 is 0.640 bits per heavy atom. The second kappa shape index (κ2) is 37.4. The van der Waals surface area contributed by atoms with Crippen LogP contribution in [0.1, 0.15) is 0 Å². The molecule has 6 nitrogen and oxygen atoms in total. The molecule has 0 bridgehead atoms. The fraction of sp³-hybridized carbons (Fsp3) is 0. The number of benzene rings is 24. The Labute approximate surface area is 868 Å². The lowest BCUT2D eigenvalue weighted by atomic mass is 9.95. The minimum absolute atomic E-state index is 1.16. The van der Waals surface area contributed by atoms with Crippen molar-refractivity contribution in [1.82, 2.24) is 27.4 Å². The number of para-hydroxylation sites is 10. The fourth-order valence-corrected chi connectivity index (χ4v) is 23.8. The van der Waals surface area contributed by atoms with Gasteiger partial charge in [0.05, 0.1) is 83.3 Å². The number of hydrogen-bond acceptors (Lipinski definition) is 0. The molecule has 0 aliphatic heterocycles. The van der Waals surface area contributed by atoms with Gasteiger partial charge >= 0.3 is 0 Å². The van der Waals surface area contributed by atoms with Gasteiger partial charge in [0, 0.05) is 104 Å². The smallest absolute Gasteiger partial charge is 0.0618 e. The summed E-state index contributed by atoms with van der Waals surface area (Å²) in [6, 6.07) is 211. The average Bonchev–Trinajstić information content (AvgIpc) is 2.18. The summed E-state index contributed by atoms with van der Waals surface area (Å²) in [5.74, 6) is 0. The van der Waals surface area contributed by atoms with Gasteiger partial charge in [0.25, 0.3) is 0 Å². The summed E-state index contributed by atoms with van der Waals surface area (Å²) in [6.45, 7) is 0. The van der Waals surface area contributed by atoms with Crippen molar-refractivity contribution in [3.8, 4) is 134 Å². The first kappa shape index (κ1) is 87.8. The molecule has 0 aliphatic carbocycles. The monoisotopic (exact) mass is 1910 g/mol. The highest BCUT2D eigenvalue weighted by Gasteiger charge is 2.27. The van der Waals surface area contributed by atoms with Crippen LogP contribution in [0.3, 0.4) is 0 Å². The molecule has 0 spiro atoms. The number of rotatable bonds is 15. The normalized spacial score (nSPS) is 11.6. The first-order chi connectivity index (χ1) is 74.5. The first-order valence-corrected chi connectivity index (χ1v) is 51.6. The van der Waals surface area contributed by atoms with E-state index in [9.17, 15) is 0 Å². The SMILES string of the molecule is c1ccc(-c2ccc(-c3ccccc3)c(-n3c4ccccc4c4c(-c5ccc(-n6c7ccccc7c7ccccc76)cc5)cccc43)c2)cc1.c1ccc(-c2ccc(-n3c4ccccc4c4c(-c5ccc(-n6c7ccccc7c7ccccc76)cc5)cccc43)c(-c3ccccc3)c2)cc1.c1ccc(-c2cccc(-c3ccccc3)c2-n2c3ccccc3c3c(-c4ccc(-n5c6ccccc6c6ccccc65)cc4)cccc32)cc1. The lowest BCUT2D eigenvalue weighted by molar-refractivity contribution is 1.18. The Morgan fingerprint density at radius 2 is 0.313 bits per heavy atom. The minimum atomic E-state index is 1.16. The third kappa shape index (κ3) is 15.0. The molecule has 0 saturated carbocycles. The van der Waals surface area contributed by atoms with Gasteiger partial charge in [-0.2, -0.15) is 0 Å². The topological polar surface area (TPSA) is 29.6 Å². The quantitative estimate of drug-likeness (QED) is 0.0979. The maximum atomic E-state index is 2.49. The van der Waals surface area contributed by atoms with Crippen molar-refractivity contribution in [2.75, 3.05) is 0 Å². The molecule has 6 heterocycles. The largest absolute Gasteiger partial charge is 0.309 e. The van der Waals surface area contributed by atoms with Gasteiger partial charge < -0.3 is 27.4 Å². The Morgan fingerprint density at radius 1 is 0.100 bits per heavy atom. The van der Waals surface area contributed by atoms with E-state index in [-0.39, 0.29) is 0 Å². The zero-order chi connectivity index (χ0) is 99.1. The molecule has 0 N–H and O–H groups in total. The van der Waals surface area contributed by atoms with Crippen LogP contribution in [0.4, 0.5) is 0 Å². The number of nitrogens with zero attached hydrogens (tertiary/aromatic N) is 6. The lowest BCUT2D eigenvalue weighted by Gasteiger charge is -2.19. The Bertz CT molecular complexity index is 10100. The van der Waals surface area contributed by atoms with Crippen LogP contribution in [-0.4, -0.2) is 27.4 Å². The molecular formula is C144H96N6. The zero-order valence-electron chi connectivity index (χ0n) is 82.1. The summed E-state index contributed by atoms with van der Waals surface area (Å²) < 4.78 is 14.6. The maximum absolute atomic E-state index is 2.49. The van der Waals surface area contributed by atoms with Gasteiger partial charge in [-0.05, 0) is 205 Å². The van der Waals surface area contributed by atoms with Crippen molar-refractivity contribution in [2.45, 2.75) is 0 Å². The second-order valence-electron chi connectivity index (χ2n) is 38.8. The maximum Gasteiger partial charge on any atom is 0.0618 e. The van der Waals surface area contributed by atoms with Gasteiger partial charge in [-0.25, -0.2) is 0 Å². The third-order valence-electron chi connectivity index (χ3n) is 30.4.